The van der Waals surface area contributed by atoms with Crippen LogP contribution in [-0.2, 0) is 6.54 Å². The van der Waals surface area contributed by atoms with Crippen LogP contribution in [0.3, 0.4) is 0 Å². The molecule has 2 aromatic carbocycles. The van der Waals surface area contributed by atoms with E-state index in [1.165, 1.54) is 0 Å². The third kappa shape index (κ3) is 30.5. The van der Waals surface area contributed by atoms with E-state index in [1.54, 1.807) is 18.7 Å². The predicted octanol–water partition coefficient (Wildman–Crippen LogP) is -0.629. The number of unbranched alkanes of at least 4 members (excludes halogenated alkanes) is 1. The van der Waals surface area contributed by atoms with Gasteiger partial charge in [-0.15, -0.1) is 0 Å². The van der Waals surface area contributed by atoms with E-state index in [-0.39, 0.29) is 57.1 Å². The number of hydrogen-bond donors (Lipinski definition) is 24. The summed E-state index contributed by atoms with van der Waals surface area (Å²) in [4.78, 5) is 3.64. The molecular formula is C75H129F11N8O18. The molecule has 0 amide bonds. The Morgan fingerprint density at radius 2 is 0.786 bits per heavy atom. The molecule has 8 saturated heterocycles. The Morgan fingerprint density at radius 3 is 1.19 bits per heavy atom. The van der Waals surface area contributed by atoms with Gasteiger partial charge >= 0.3 is 0 Å². The monoisotopic (exact) mass is 1640 g/mol. The second kappa shape index (κ2) is 50.5. The van der Waals surface area contributed by atoms with E-state index in [2.05, 4.69) is 38.8 Å². The first kappa shape index (κ1) is 101. The van der Waals surface area contributed by atoms with Gasteiger partial charge in [0.2, 0.25) is 25.6 Å². The summed E-state index contributed by atoms with van der Waals surface area (Å²) in [6, 6.07) is 17.9. The van der Waals surface area contributed by atoms with E-state index >= 15 is 0 Å². The molecule has 2 aromatic rings. The van der Waals surface area contributed by atoms with Gasteiger partial charge in [-0.3, -0.25) is 13.7 Å². The van der Waals surface area contributed by atoms with Gasteiger partial charge in [-0.2, -0.15) is 0 Å². The molecule has 3 unspecified atom stereocenters. The molecular weight excluding hydrogens is 1510 g/mol. The fourth-order valence-electron chi connectivity index (χ4n) is 15.4. The molecule has 654 valence electrons. The number of nitrogens with one attached hydrogen (secondary N) is 6. The number of nitrogens with zero attached hydrogens (tertiary/aromatic N) is 2. The zero-order chi connectivity index (χ0) is 84.0. The second-order valence-corrected chi connectivity index (χ2v) is 30.5. The molecule has 112 heavy (non-hydrogen) atoms. The van der Waals surface area contributed by atoms with Crippen LogP contribution >= 0.6 is 0 Å². The summed E-state index contributed by atoms with van der Waals surface area (Å²) in [6.07, 6.45) is -22.6. The highest BCUT2D eigenvalue weighted by molar-refractivity contribution is 5.19. The molecule has 0 radical (unpaired) electrons. The van der Waals surface area contributed by atoms with Crippen LogP contribution in [0.5, 0.6) is 0 Å². The zero-order valence-corrected chi connectivity index (χ0v) is 64.3. The van der Waals surface area contributed by atoms with E-state index < -0.39 is 208 Å². The Bertz CT molecular complexity index is 2720. The molecule has 24 N–H and O–H groups in total. The minimum Gasteiger partial charge on any atom is -0.390 e. The highest BCUT2D eigenvalue weighted by Gasteiger charge is 2.62. The Labute approximate surface area is 648 Å². The van der Waals surface area contributed by atoms with Gasteiger partial charge in [0.25, 0.3) is 5.92 Å². The van der Waals surface area contributed by atoms with Crippen molar-refractivity contribution in [2.45, 2.75) is 246 Å². The average Bonchev–Trinajstić information content (AvgIpc) is 1.60. The number of benzene rings is 2. The molecule has 8 heterocycles. The molecule has 0 bridgehead atoms. The molecule has 26 nitrogen and oxygen atoms in total. The Balaban J connectivity index is 0.000000271. The zero-order valence-electron chi connectivity index (χ0n) is 64.3. The molecule has 9 aliphatic rings. The van der Waals surface area contributed by atoms with Crippen molar-refractivity contribution < 1.29 is 140 Å². The summed E-state index contributed by atoms with van der Waals surface area (Å²) in [7, 11) is 0. The van der Waals surface area contributed by atoms with Crippen molar-refractivity contribution in [2.75, 3.05) is 98.4 Å². The summed E-state index contributed by atoms with van der Waals surface area (Å²) in [5.74, 6) is -9.55. The van der Waals surface area contributed by atoms with Crippen molar-refractivity contribution in [1.82, 2.24) is 41.7 Å². The van der Waals surface area contributed by atoms with E-state index in [0.717, 1.165) is 43.4 Å². The van der Waals surface area contributed by atoms with Crippen LogP contribution in [0.25, 0.3) is 0 Å². The smallest absolute Gasteiger partial charge is 0.252 e. The summed E-state index contributed by atoms with van der Waals surface area (Å²) in [6.45, 7) is 13.2. The van der Waals surface area contributed by atoms with Crippen LogP contribution in [0.4, 0.5) is 48.3 Å². The van der Waals surface area contributed by atoms with Gasteiger partial charge in [-0.25, -0.2) is 39.5 Å². The van der Waals surface area contributed by atoms with Crippen molar-refractivity contribution in [3.63, 3.8) is 0 Å². The Kier molecular flexibility index (Phi) is 45.6. The number of hydrogen-bond acceptors (Lipinski definition) is 26. The van der Waals surface area contributed by atoms with Gasteiger partial charge in [0, 0.05) is 145 Å². The lowest BCUT2D eigenvalue weighted by molar-refractivity contribution is -0.139. The van der Waals surface area contributed by atoms with Gasteiger partial charge in [0.1, 0.15) is 0 Å². The molecule has 37 heteroatoms. The fourth-order valence-corrected chi connectivity index (χ4v) is 15.4. The lowest BCUT2D eigenvalue weighted by Crippen LogP contribution is -2.58. The standard InChI is InChI=1S/C13H17F2NO2.C12H17NO3.C10H20FNO3.C8H13F2NO2.2C8H15F2NO2.2C8H16FNO2/c14-13(15)10-7-16(8-11(17)12(10)18)6-9-4-2-1-3-5-9;14-10-7-13-6-9(12(10)16)11(15)8-4-2-1-3-5-8;1-2-3-4-12-5-7(10(11)15)9(14)8(13)6-12;9-8(10)1-5(8)4-2-11-3-6(12)7(4)13;2*1-2-4-6(8(9)10)7(13)5(12)3-11-4;2*1-2-6-5(3-9)8(12)7(11)4-10-6/h1-5,10-13,17-18H,6-8H2;1-5,9-16H,6-7H2;7-10,13-15H,2-6H2,1H3;4-7,11-13H,1-3H2;2*4-8,11-13H,2-3H2,1H3;2*5-8,10-12H,2-4H2,1H3/t10-,11+,12+;9-,10-,11?,12-;7-,8+,9+,10?;4-,5?,6-,7-;4-,5+,6-,7-;4-,5-,6+,7+;5-,6+,7+,8+;5-,6-,7+,8+/m01010100/s1. The first-order chi connectivity index (χ1) is 52.9. The number of alkyl halides is 11. The van der Waals surface area contributed by atoms with E-state index in [4.69, 9.17) is 15.3 Å². The third-order valence-electron chi connectivity index (χ3n) is 22.6. The molecule has 1 aliphatic carbocycles. The number of likely N-dealkylation sites (tertiary alicyclic amines) is 2. The lowest BCUT2D eigenvalue weighted by atomic mass is 9.85. The maximum absolute atomic E-state index is 12.8. The molecule has 0 spiro atoms. The second-order valence-electron chi connectivity index (χ2n) is 30.5. The molecule has 11 rings (SSSR count). The number of halogens is 11. The quantitative estimate of drug-likeness (QED) is 0.0826. The minimum atomic E-state index is -2.62. The van der Waals surface area contributed by atoms with Crippen LogP contribution in [0.2, 0.25) is 0 Å². The van der Waals surface area contributed by atoms with Gasteiger partial charge in [-0.1, -0.05) is 102 Å². The SMILES string of the molecule is CCCCN1C[C@@H](O)[C@H](O)[C@@H](C(O)F)C1.CC[C@@H]1NC[C@@H](O)[C@H](O)[C@H]1C(F)F.CC[C@@H]1NC[C@@H](O)[C@H](O)[C@H]1CF.CC[C@H]1NC[C@@H](O)[C@H](O)[C@H]1C(F)F.CC[C@H]1NC[C@@H](O)[C@H](O)[C@H]1CF.OC(c1ccccc1)[C@H]1CNC[C@@H](O)[C@@H]1O.O[C@H]1[C@H](O)CN(Cc2ccccc2)C[C@@H]1C(F)F.O[C@H]1[C@H](O)CNC[C@@H]1C1CC1(F)F. The van der Waals surface area contributed by atoms with Crippen LogP contribution in [0, 0.1) is 53.3 Å². The molecule has 8 aliphatic heterocycles. The number of rotatable bonds is 18. The normalized spacial score (nSPS) is 38.6. The third-order valence-corrected chi connectivity index (χ3v) is 22.6. The number of β-amino-alcohol motifs (C(OH)–C–C–N with tert-alkyl or cyclic N) is 8. The van der Waals surface area contributed by atoms with E-state index in [0.29, 0.717) is 65.2 Å². The van der Waals surface area contributed by atoms with Crippen LogP contribution in [0.15, 0.2) is 60.7 Å². The van der Waals surface area contributed by atoms with Gasteiger partial charge in [-0.05, 0) is 49.8 Å². The Hall–Kier alpha value is -3.37. The topological polar surface area (TPSA) is 443 Å². The molecule has 1 saturated carbocycles. The minimum absolute atomic E-state index is 0.00611. The highest BCUT2D eigenvalue weighted by atomic mass is 19.3. The Morgan fingerprint density at radius 1 is 0.411 bits per heavy atom. The maximum atomic E-state index is 12.8. The number of aliphatic hydroxyl groups is 18. The fraction of sp³-hybridized carbons (Fsp3) is 0.840. The van der Waals surface area contributed by atoms with Crippen LogP contribution in [-0.4, -0.2) is 354 Å². The largest absolute Gasteiger partial charge is 0.390 e. The summed E-state index contributed by atoms with van der Waals surface area (Å²) < 4.78 is 138. The molecule has 0 aromatic heterocycles. The van der Waals surface area contributed by atoms with Crippen molar-refractivity contribution in [3.05, 3.63) is 71.8 Å². The molecule has 31 atom stereocenters. The van der Waals surface area contributed by atoms with Crippen molar-refractivity contribution >= 4 is 0 Å². The van der Waals surface area contributed by atoms with Crippen molar-refractivity contribution in [1.29, 1.82) is 0 Å². The summed E-state index contributed by atoms with van der Waals surface area (Å²) >= 11 is 0. The van der Waals surface area contributed by atoms with Crippen molar-refractivity contribution in [2.24, 2.45) is 53.3 Å². The van der Waals surface area contributed by atoms with Crippen LogP contribution in [0.1, 0.15) is 96.8 Å². The summed E-state index contributed by atoms with van der Waals surface area (Å²) in [5.41, 5.74) is 1.77. The van der Waals surface area contributed by atoms with Crippen molar-refractivity contribution in [3.8, 4) is 0 Å². The number of piperidine rings is 8. The average molecular weight is 1640 g/mol. The van der Waals surface area contributed by atoms with Gasteiger partial charge < -0.3 is 129 Å². The first-order valence-corrected chi connectivity index (χ1v) is 39.0. The lowest BCUT2D eigenvalue weighted by Gasteiger charge is -2.39. The van der Waals surface area contributed by atoms with Gasteiger partial charge in [0.15, 0.2) is 0 Å². The highest BCUT2D eigenvalue weighted by Crippen LogP contribution is 2.54. The van der Waals surface area contributed by atoms with E-state index in [1.807, 2.05) is 79.4 Å². The predicted molar refractivity (Wildman–Crippen MR) is 393 cm³/mol. The van der Waals surface area contributed by atoms with E-state index in [9.17, 15) is 125 Å². The van der Waals surface area contributed by atoms with Gasteiger partial charge in [0.05, 0.1) is 141 Å². The molecule has 9 fully saturated rings. The summed E-state index contributed by atoms with van der Waals surface area (Å²) in [5, 5.41) is 187. The van der Waals surface area contributed by atoms with Crippen LogP contribution < -0.4 is 31.9 Å². The first-order valence-electron chi connectivity index (χ1n) is 39.0. The maximum Gasteiger partial charge on any atom is 0.252 e. The number of aliphatic hydroxyl groups excluding tert-OH is 18.